The Bertz CT molecular complexity index is 994. The molecule has 3 aromatic carbocycles. The number of aliphatic hydroxyl groups is 1. The Morgan fingerprint density at radius 3 is 1.76 bits per heavy atom. The second kappa shape index (κ2) is 13.0. The zero-order chi connectivity index (χ0) is 23.4. The third-order valence-corrected chi connectivity index (χ3v) is 6.15. The number of nitrogens with zero attached hydrogens (tertiary/aromatic N) is 1. The van der Waals surface area contributed by atoms with E-state index in [1.54, 1.807) is 0 Å². The van der Waals surface area contributed by atoms with Crippen molar-refractivity contribution in [3.63, 3.8) is 0 Å². The molecular formula is C31H37NO. The molecule has 172 valence electrons. The van der Waals surface area contributed by atoms with Gasteiger partial charge in [-0.3, -0.25) is 4.90 Å². The Morgan fingerprint density at radius 1 is 0.667 bits per heavy atom. The van der Waals surface area contributed by atoms with Gasteiger partial charge in [-0.05, 0) is 48.2 Å². The van der Waals surface area contributed by atoms with Crippen molar-refractivity contribution in [1.82, 2.24) is 4.90 Å². The number of unbranched alkanes of at least 4 members (excludes halogenated alkanes) is 2. The molecule has 0 fully saturated rings. The summed E-state index contributed by atoms with van der Waals surface area (Å²) in [5.74, 6) is 6.66. The summed E-state index contributed by atoms with van der Waals surface area (Å²) in [5.41, 5.74) is 2.92. The van der Waals surface area contributed by atoms with Crippen molar-refractivity contribution in [2.45, 2.75) is 51.6 Å². The average molecular weight is 440 g/mol. The van der Waals surface area contributed by atoms with Gasteiger partial charge in [0, 0.05) is 6.42 Å². The largest absolute Gasteiger partial charge is 0.379 e. The first-order chi connectivity index (χ1) is 16.2. The van der Waals surface area contributed by atoms with Gasteiger partial charge in [-0.25, -0.2) is 0 Å². The van der Waals surface area contributed by atoms with Crippen LogP contribution in [0.5, 0.6) is 0 Å². The Labute approximate surface area is 200 Å². The molecule has 1 atom stereocenters. The van der Waals surface area contributed by atoms with E-state index in [2.05, 4.69) is 54.9 Å². The number of hydrogen-bond donors (Lipinski definition) is 1. The molecule has 0 aromatic heterocycles. The summed E-state index contributed by atoms with van der Waals surface area (Å²) in [6, 6.07) is 28.5. The lowest BCUT2D eigenvalue weighted by Crippen LogP contribution is -2.28. The molecule has 2 nitrogen and oxygen atoms in total. The van der Waals surface area contributed by atoms with E-state index in [1.807, 2.05) is 60.7 Å². The molecule has 0 saturated carbocycles. The fourth-order valence-corrected chi connectivity index (χ4v) is 4.05. The van der Waals surface area contributed by atoms with Crippen LogP contribution < -0.4 is 0 Å². The van der Waals surface area contributed by atoms with Crippen LogP contribution in [-0.4, -0.2) is 29.6 Å². The predicted molar refractivity (Wildman–Crippen MR) is 140 cm³/mol. The van der Waals surface area contributed by atoms with Gasteiger partial charge in [-0.1, -0.05) is 123 Å². The molecule has 0 radical (unpaired) electrons. The van der Waals surface area contributed by atoms with Gasteiger partial charge in [0.1, 0.15) is 5.60 Å². The van der Waals surface area contributed by atoms with Crippen molar-refractivity contribution < 1.29 is 5.11 Å². The van der Waals surface area contributed by atoms with Gasteiger partial charge in [-0.2, -0.15) is 0 Å². The van der Waals surface area contributed by atoms with Gasteiger partial charge in [0.25, 0.3) is 0 Å². The molecule has 0 spiro atoms. The molecule has 3 rings (SSSR count). The third kappa shape index (κ3) is 7.06. The summed E-state index contributed by atoms with van der Waals surface area (Å²) in [4.78, 5) is 2.44. The first-order valence-corrected chi connectivity index (χ1v) is 12.3. The minimum Gasteiger partial charge on any atom is -0.379 e. The van der Waals surface area contributed by atoms with Gasteiger partial charge >= 0.3 is 0 Å². The van der Waals surface area contributed by atoms with Crippen LogP contribution in [0.1, 0.15) is 57.1 Å². The van der Waals surface area contributed by atoms with E-state index < -0.39 is 5.60 Å². The summed E-state index contributed by atoms with van der Waals surface area (Å²) >= 11 is 0. The van der Waals surface area contributed by atoms with E-state index in [0.717, 1.165) is 36.3 Å². The summed E-state index contributed by atoms with van der Waals surface area (Å²) < 4.78 is 0. The molecule has 0 amide bonds. The van der Waals surface area contributed by atoms with Gasteiger partial charge in [0.15, 0.2) is 0 Å². The van der Waals surface area contributed by atoms with Crippen LogP contribution in [0.15, 0.2) is 84.9 Å². The van der Waals surface area contributed by atoms with E-state index in [4.69, 9.17) is 0 Å². The average Bonchev–Trinajstić information content (AvgIpc) is 2.88. The van der Waals surface area contributed by atoms with Crippen LogP contribution in [0.4, 0.5) is 0 Å². The van der Waals surface area contributed by atoms with Crippen LogP contribution in [0.25, 0.3) is 11.1 Å². The lowest BCUT2D eigenvalue weighted by atomic mass is 9.83. The molecule has 0 heterocycles. The second-order valence-corrected chi connectivity index (χ2v) is 8.68. The first-order valence-electron chi connectivity index (χ1n) is 12.3. The molecule has 0 saturated heterocycles. The second-order valence-electron chi connectivity index (χ2n) is 8.68. The van der Waals surface area contributed by atoms with Gasteiger partial charge in [0.2, 0.25) is 0 Å². The lowest BCUT2D eigenvalue weighted by molar-refractivity contribution is 0.0865. The summed E-state index contributed by atoms with van der Waals surface area (Å²) in [5, 5.41) is 11.8. The highest BCUT2D eigenvalue weighted by Crippen LogP contribution is 2.34. The van der Waals surface area contributed by atoms with Crippen molar-refractivity contribution >= 4 is 0 Å². The lowest BCUT2D eigenvalue weighted by Gasteiger charge is -2.28. The van der Waals surface area contributed by atoms with Crippen LogP contribution in [0, 0.1) is 11.8 Å². The fourth-order valence-electron chi connectivity index (χ4n) is 4.05. The normalized spacial score (nSPS) is 12.7. The monoisotopic (exact) mass is 439 g/mol. The van der Waals surface area contributed by atoms with E-state index in [9.17, 15) is 5.11 Å². The van der Waals surface area contributed by atoms with Crippen LogP contribution in [0.3, 0.4) is 0 Å². The predicted octanol–water partition coefficient (Wildman–Crippen LogP) is 6.89. The highest BCUT2D eigenvalue weighted by Gasteiger charge is 2.30. The highest BCUT2D eigenvalue weighted by molar-refractivity contribution is 5.64. The molecule has 33 heavy (non-hydrogen) atoms. The molecule has 0 aliphatic carbocycles. The van der Waals surface area contributed by atoms with Gasteiger partial charge in [0.05, 0.1) is 6.54 Å². The Morgan fingerprint density at radius 2 is 1.18 bits per heavy atom. The molecule has 0 aliphatic rings. The van der Waals surface area contributed by atoms with E-state index in [-0.39, 0.29) is 0 Å². The number of rotatable bonds is 11. The van der Waals surface area contributed by atoms with Crippen molar-refractivity contribution in [1.29, 1.82) is 0 Å². The minimum absolute atomic E-state index is 0.372. The summed E-state index contributed by atoms with van der Waals surface area (Å²) in [6.45, 7) is 7.40. The zero-order valence-electron chi connectivity index (χ0n) is 20.1. The first kappa shape index (κ1) is 24.8. The Balaban J connectivity index is 1.80. The molecule has 2 heteroatoms. The summed E-state index contributed by atoms with van der Waals surface area (Å²) in [6.07, 6.45) is 5.17. The molecule has 1 N–H and O–H groups in total. The van der Waals surface area contributed by atoms with E-state index >= 15 is 0 Å². The van der Waals surface area contributed by atoms with E-state index in [0.29, 0.717) is 6.42 Å². The Hall–Kier alpha value is -2.86. The number of benzene rings is 3. The van der Waals surface area contributed by atoms with Crippen molar-refractivity contribution in [3.8, 4) is 23.0 Å². The van der Waals surface area contributed by atoms with Crippen molar-refractivity contribution in [2.24, 2.45) is 0 Å². The molecule has 0 aliphatic heterocycles. The smallest absolute Gasteiger partial charge is 0.125 e. The van der Waals surface area contributed by atoms with Gasteiger partial charge in [-0.15, -0.1) is 0 Å². The van der Waals surface area contributed by atoms with E-state index in [1.165, 1.54) is 31.2 Å². The maximum absolute atomic E-state index is 11.8. The topological polar surface area (TPSA) is 23.5 Å². The number of hydrogen-bond acceptors (Lipinski definition) is 2. The SMILES string of the molecule is CCCCN(CC#CCC(O)(c1ccccc1)c1ccc(-c2ccccc2)cc1)CCCC. The maximum atomic E-state index is 11.8. The zero-order valence-corrected chi connectivity index (χ0v) is 20.1. The quantitative estimate of drug-likeness (QED) is 0.329. The summed E-state index contributed by atoms with van der Waals surface area (Å²) in [7, 11) is 0. The van der Waals surface area contributed by atoms with Crippen LogP contribution in [0.2, 0.25) is 0 Å². The Kier molecular flexibility index (Phi) is 9.76. The van der Waals surface area contributed by atoms with Crippen LogP contribution in [-0.2, 0) is 5.60 Å². The van der Waals surface area contributed by atoms with Crippen molar-refractivity contribution in [3.05, 3.63) is 96.1 Å². The molecular weight excluding hydrogens is 402 g/mol. The molecule has 0 bridgehead atoms. The molecule has 1 unspecified atom stereocenters. The third-order valence-electron chi connectivity index (χ3n) is 6.15. The molecule has 3 aromatic rings. The standard InChI is InChI=1S/C31H37NO/c1-3-5-24-32(25-6-4-2)26-14-13-23-31(33,29-17-11-8-12-18-29)30-21-19-28(20-22-30)27-15-9-7-10-16-27/h7-12,15-22,33H,3-6,23-26H2,1-2H3. The van der Waals surface area contributed by atoms with Crippen LogP contribution >= 0.6 is 0 Å². The van der Waals surface area contributed by atoms with Gasteiger partial charge < -0.3 is 5.11 Å². The maximum Gasteiger partial charge on any atom is 0.125 e. The highest BCUT2D eigenvalue weighted by atomic mass is 16.3. The fraction of sp³-hybridized carbons (Fsp3) is 0.355. The van der Waals surface area contributed by atoms with Crippen molar-refractivity contribution in [2.75, 3.05) is 19.6 Å². The minimum atomic E-state index is -1.14.